The van der Waals surface area contributed by atoms with Gasteiger partial charge in [-0.1, -0.05) is 24.6 Å². The van der Waals surface area contributed by atoms with Gasteiger partial charge in [0, 0.05) is 18.5 Å². The Morgan fingerprint density at radius 3 is 2.57 bits per heavy atom. The summed E-state index contributed by atoms with van der Waals surface area (Å²) >= 11 is 0. The molecular weight excluding hydrogens is 303 g/mol. The van der Waals surface area contributed by atoms with Crippen molar-refractivity contribution in [3.63, 3.8) is 0 Å². The molecule has 3 nitrogen and oxygen atoms in total. The lowest BCUT2D eigenvalue weighted by atomic mass is 9.64. The fourth-order valence-corrected chi connectivity index (χ4v) is 3.16. The van der Waals surface area contributed by atoms with Gasteiger partial charge in [0.05, 0.1) is 12.1 Å². The number of hydrogen-bond donors (Lipinski definition) is 1. The van der Waals surface area contributed by atoms with Crippen LogP contribution in [0.4, 0.5) is 13.2 Å². The third-order valence-electron chi connectivity index (χ3n) is 5.11. The van der Waals surface area contributed by atoms with E-state index in [1.165, 1.54) is 12.1 Å². The first kappa shape index (κ1) is 16.1. The second-order valence-electron chi connectivity index (χ2n) is 6.73. The largest absolute Gasteiger partial charge is 0.416 e. The van der Waals surface area contributed by atoms with Crippen molar-refractivity contribution in [3.05, 3.63) is 35.4 Å². The van der Waals surface area contributed by atoms with Gasteiger partial charge in [-0.25, -0.2) is 0 Å². The smallest absolute Gasteiger partial charge is 0.370 e. The van der Waals surface area contributed by atoms with Crippen LogP contribution in [-0.2, 0) is 11.6 Å². The first-order valence-corrected chi connectivity index (χ1v) is 8.02. The molecule has 0 heterocycles. The monoisotopic (exact) mass is 325 g/mol. The second kappa shape index (κ2) is 5.73. The zero-order valence-electron chi connectivity index (χ0n) is 13.2. The molecule has 2 aliphatic carbocycles. The summed E-state index contributed by atoms with van der Waals surface area (Å²) in [4.78, 5) is 6.46. The van der Waals surface area contributed by atoms with Crippen molar-refractivity contribution in [1.82, 2.24) is 4.90 Å². The Kier molecular flexibility index (Phi) is 4.02. The predicted octanol–water partition coefficient (Wildman–Crippen LogP) is 3.54. The van der Waals surface area contributed by atoms with Crippen molar-refractivity contribution < 1.29 is 13.2 Å². The molecule has 1 aromatic rings. The number of hydrogen-bond acceptors (Lipinski definition) is 1. The zero-order chi connectivity index (χ0) is 16.7. The van der Waals surface area contributed by atoms with E-state index >= 15 is 0 Å². The van der Waals surface area contributed by atoms with Crippen molar-refractivity contribution in [2.75, 3.05) is 13.6 Å². The van der Waals surface area contributed by atoms with Gasteiger partial charge >= 0.3 is 6.18 Å². The predicted molar refractivity (Wildman–Crippen MR) is 84.2 cm³/mol. The van der Waals surface area contributed by atoms with Gasteiger partial charge in [0.25, 0.3) is 0 Å². The molecule has 23 heavy (non-hydrogen) atoms. The third kappa shape index (κ3) is 3.31. The fourth-order valence-electron chi connectivity index (χ4n) is 3.16. The summed E-state index contributed by atoms with van der Waals surface area (Å²) < 4.78 is 38.8. The van der Waals surface area contributed by atoms with Crippen LogP contribution in [0.5, 0.6) is 0 Å². The van der Waals surface area contributed by atoms with E-state index < -0.39 is 11.7 Å². The maximum atomic E-state index is 12.9. The molecule has 2 N–H and O–H groups in total. The highest BCUT2D eigenvalue weighted by atomic mass is 19.4. The Hall–Kier alpha value is -1.72. The Morgan fingerprint density at radius 2 is 2.04 bits per heavy atom. The summed E-state index contributed by atoms with van der Waals surface area (Å²) in [5, 5.41) is 0. The highest BCUT2D eigenvalue weighted by molar-refractivity contribution is 5.78. The lowest BCUT2D eigenvalue weighted by Crippen LogP contribution is -2.41. The van der Waals surface area contributed by atoms with Gasteiger partial charge in [-0.2, -0.15) is 13.2 Å². The van der Waals surface area contributed by atoms with E-state index in [-0.39, 0.29) is 5.41 Å². The number of guanidine groups is 1. The molecule has 0 aliphatic heterocycles. The molecular formula is C17H22F3N3. The minimum atomic E-state index is -4.31. The van der Waals surface area contributed by atoms with Crippen LogP contribution in [0, 0.1) is 0 Å². The van der Waals surface area contributed by atoms with Gasteiger partial charge in [0.15, 0.2) is 5.96 Å². The van der Waals surface area contributed by atoms with Crippen LogP contribution in [0.25, 0.3) is 0 Å². The zero-order valence-corrected chi connectivity index (χ0v) is 13.2. The molecule has 0 amide bonds. The van der Waals surface area contributed by atoms with Crippen molar-refractivity contribution >= 4 is 5.96 Å². The topological polar surface area (TPSA) is 41.6 Å². The van der Waals surface area contributed by atoms with E-state index in [1.807, 2.05) is 11.9 Å². The van der Waals surface area contributed by atoms with Gasteiger partial charge in [0.1, 0.15) is 0 Å². The number of halogens is 3. The molecule has 0 radical (unpaired) electrons. The van der Waals surface area contributed by atoms with Crippen LogP contribution < -0.4 is 5.73 Å². The molecule has 0 unspecified atom stereocenters. The van der Waals surface area contributed by atoms with Crippen LogP contribution in [0.2, 0.25) is 0 Å². The number of rotatable bonds is 4. The van der Waals surface area contributed by atoms with Crippen LogP contribution in [0.1, 0.15) is 43.2 Å². The van der Waals surface area contributed by atoms with Gasteiger partial charge in [-0.15, -0.1) is 0 Å². The average molecular weight is 325 g/mol. The van der Waals surface area contributed by atoms with E-state index in [2.05, 4.69) is 4.99 Å². The number of aliphatic imine (C=N–C) groups is 1. The normalized spacial score (nSPS) is 21.0. The van der Waals surface area contributed by atoms with Crippen molar-refractivity contribution in [2.24, 2.45) is 10.7 Å². The molecule has 0 bridgehead atoms. The summed E-state index contributed by atoms with van der Waals surface area (Å²) in [5.41, 5.74) is 5.86. The minimum absolute atomic E-state index is 0.295. The van der Waals surface area contributed by atoms with Crippen molar-refractivity contribution in [3.8, 4) is 0 Å². The maximum Gasteiger partial charge on any atom is 0.416 e. The Balaban J connectivity index is 1.79. The lowest BCUT2D eigenvalue weighted by molar-refractivity contribution is -0.137. The molecule has 0 spiro atoms. The van der Waals surface area contributed by atoms with Crippen molar-refractivity contribution in [1.29, 1.82) is 0 Å². The first-order chi connectivity index (χ1) is 10.8. The molecule has 0 atom stereocenters. The Morgan fingerprint density at radius 1 is 1.35 bits per heavy atom. The average Bonchev–Trinajstić information content (AvgIpc) is 3.29. The summed E-state index contributed by atoms with van der Waals surface area (Å²) in [6, 6.07) is 6.14. The van der Waals surface area contributed by atoms with Gasteiger partial charge in [0.2, 0.25) is 0 Å². The summed E-state index contributed by atoms with van der Waals surface area (Å²) in [6.45, 7) is 0.456. The lowest BCUT2D eigenvalue weighted by Gasteiger charge is -2.41. The van der Waals surface area contributed by atoms with Crippen LogP contribution in [-0.4, -0.2) is 30.5 Å². The number of benzene rings is 1. The third-order valence-corrected chi connectivity index (χ3v) is 5.11. The minimum Gasteiger partial charge on any atom is -0.370 e. The van der Waals surface area contributed by atoms with E-state index in [0.29, 0.717) is 18.5 Å². The van der Waals surface area contributed by atoms with Crippen LogP contribution >= 0.6 is 0 Å². The van der Waals surface area contributed by atoms with Gasteiger partial charge in [-0.3, -0.25) is 4.99 Å². The molecule has 2 aliphatic rings. The summed E-state index contributed by atoms with van der Waals surface area (Å²) in [7, 11) is 1.92. The van der Waals surface area contributed by atoms with Crippen LogP contribution in [0.3, 0.4) is 0 Å². The Labute approximate surface area is 134 Å². The molecule has 3 rings (SSSR count). The molecule has 2 fully saturated rings. The molecule has 1 aromatic carbocycles. The fraction of sp³-hybridized carbons (Fsp3) is 0.588. The van der Waals surface area contributed by atoms with E-state index in [0.717, 1.165) is 43.7 Å². The summed E-state index contributed by atoms with van der Waals surface area (Å²) in [6.07, 6.45) is 0.688. The second-order valence-corrected chi connectivity index (χ2v) is 6.73. The number of nitrogens with zero attached hydrogens (tertiary/aromatic N) is 2. The van der Waals surface area contributed by atoms with Crippen molar-refractivity contribution in [2.45, 2.75) is 49.7 Å². The molecule has 0 aromatic heterocycles. The van der Waals surface area contributed by atoms with E-state index in [1.54, 1.807) is 6.07 Å². The maximum absolute atomic E-state index is 12.9. The highest BCUT2D eigenvalue weighted by Gasteiger charge is 2.40. The molecule has 6 heteroatoms. The Bertz CT molecular complexity index is 601. The molecule has 0 saturated heterocycles. The van der Waals surface area contributed by atoms with Crippen LogP contribution in [0.15, 0.2) is 29.3 Å². The highest BCUT2D eigenvalue weighted by Crippen LogP contribution is 2.45. The first-order valence-electron chi connectivity index (χ1n) is 8.02. The van der Waals surface area contributed by atoms with Gasteiger partial charge in [-0.05, 0) is 37.3 Å². The van der Waals surface area contributed by atoms with E-state index in [9.17, 15) is 13.2 Å². The SMILES string of the molecule is CN(C(N)=NCC1(c2cccc(C(F)(F)F)c2)CCC1)C1CC1. The number of nitrogens with two attached hydrogens (primary N) is 1. The summed E-state index contributed by atoms with van der Waals surface area (Å²) in [5.74, 6) is 0.491. The van der Waals surface area contributed by atoms with E-state index in [4.69, 9.17) is 5.73 Å². The molecule has 126 valence electrons. The standard InChI is InChI=1S/C17H22F3N3/c1-23(14-6-7-14)15(21)22-11-16(8-3-9-16)12-4-2-5-13(10-12)17(18,19)20/h2,4-5,10,14H,3,6-9,11H2,1H3,(H2,21,22). The quantitative estimate of drug-likeness (QED) is 0.679. The molecule has 2 saturated carbocycles. The number of alkyl halides is 3. The van der Waals surface area contributed by atoms with Gasteiger partial charge < -0.3 is 10.6 Å².